The number of carbonyl (C=O) groups excluding carboxylic acids is 2. The van der Waals surface area contributed by atoms with E-state index in [1.54, 1.807) is 16.9 Å². The largest absolute Gasteiger partial charge is 0.385 e. The first-order valence-corrected chi connectivity index (χ1v) is 11.3. The number of methoxy groups -OCH3 is 1. The molecule has 0 unspecified atom stereocenters. The van der Waals surface area contributed by atoms with E-state index in [0.29, 0.717) is 31.1 Å². The minimum Gasteiger partial charge on any atom is -0.385 e. The first-order chi connectivity index (χ1) is 15.4. The van der Waals surface area contributed by atoms with Crippen molar-refractivity contribution in [3.8, 4) is 0 Å². The summed E-state index contributed by atoms with van der Waals surface area (Å²) in [5.41, 5.74) is 2.86. The van der Waals surface area contributed by atoms with Crippen LogP contribution in [0.15, 0.2) is 48.5 Å². The van der Waals surface area contributed by atoms with Gasteiger partial charge in [-0.15, -0.1) is 0 Å². The zero-order chi connectivity index (χ0) is 22.5. The molecule has 2 aromatic carbocycles. The number of nitrogens with zero attached hydrogens (tertiary/aromatic N) is 2. The van der Waals surface area contributed by atoms with Crippen molar-refractivity contribution in [3.05, 3.63) is 70.4 Å². The third-order valence-corrected chi connectivity index (χ3v) is 7.12. The molecule has 7 heteroatoms. The van der Waals surface area contributed by atoms with Crippen molar-refractivity contribution in [1.29, 1.82) is 0 Å². The number of hydrogen-bond donors (Lipinski definition) is 1. The number of halogens is 1. The van der Waals surface area contributed by atoms with Crippen LogP contribution in [0.3, 0.4) is 0 Å². The topological polar surface area (TPSA) is 65.6 Å². The highest BCUT2D eigenvalue weighted by atomic mass is 35.5. The summed E-state index contributed by atoms with van der Waals surface area (Å²) in [6.07, 6.45) is 0.693. The highest BCUT2D eigenvalue weighted by molar-refractivity contribution is 6.30. The minimum absolute atomic E-state index is 0.0345. The van der Waals surface area contributed by atoms with Crippen LogP contribution < -0.4 is 0 Å². The number of aromatic amines is 1. The zero-order valence-electron chi connectivity index (χ0n) is 18.2. The van der Waals surface area contributed by atoms with Gasteiger partial charge in [-0.3, -0.25) is 9.59 Å². The molecule has 0 spiro atoms. The van der Waals surface area contributed by atoms with Gasteiger partial charge in [-0.2, -0.15) is 0 Å². The van der Waals surface area contributed by atoms with Gasteiger partial charge in [-0.25, -0.2) is 0 Å². The van der Waals surface area contributed by atoms with Crippen molar-refractivity contribution in [3.63, 3.8) is 0 Å². The summed E-state index contributed by atoms with van der Waals surface area (Å²) in [7, 11) is 1.64. The van der Waals surface area contributed by atoms with Crippen LogP contribution in [-0.4, -0.2) is 59.9 Å². The number of fused-ring (bicyclic) bond motifs is 5. The van der Waals surface area contributed by atoms with Crippen LogP contribution >= 0.6 is 11.6 Å². The summed E-state index contributed by atoms with van der Waals surface area (Å²) in [5, 5.41) is 1.75. The van der Waals surface area contributed by atoms with E-state index in [0.717, 1.165) is 27.7 Å². The van der Waals surface area contributed by atoms with Gasteiger partial charge in [0.15, 0.2) is 5.54 Å². The van der Waals surface area contributed by atoms with Crippen LogP contribution in [-0.2, 0) is 19.9 Å². The number of piperazine rings is 1. The fourth-order valence-electron chi connectivity index (χ4n) is 5.25. The van der Waals surface area contributed by atoms with Gasteiger partial charge in [-0.05, 0) is 42.7 Å². The summed E-state index contributed by atoms with van der Waals surface area (Å²) in [6.45, 7) is 3.47. The van der Waals surface area contributed by atoms with Crippen molar-refractivity contribution < 1.29 is 14.3 Å². The Kier molecular flexibility index (Phi) is 5.22. The fraction of sp³-hybridized carbons (Fsp3) is 0.360. The summed E-state index contributed by atoms with van der Waals surface area (Å²) in [4.78, 5) is 34.1. The van der Waals surface area contributed by atoms with E-state index in [1.165, 1.54) is 0 Å². The van der Waals surface area contributed by atoms with Gasteiger partial charge in [0, 0.05) is 48.6 Å². The first kappa shape index (κ1) is 21.0. The molecule has 1 fully saturated rings. The molecule has 1 saturated heterocycles. The Bertz CT molecular complexity index is 1190. The van der Waals surface area contributed by atoms with Crippen LogP contribution in [0.1, 0.15) is 36.1 Å². The van der Waals surface area contributed by atoms with Gasteiger partial charge < -0.3 is 19.5 Å². The monoisotopic (exact) mass is 451 g/mol. The number of benzene rings is 2. The number of para-hydroxylation sites is 1. The minimum atomic E-state index is -1.07. The molecule has 0 bridgehead atoms. The van der Waals surface area contributed by atoms with Crippen LogP contribution in [0.4, 0.5) is 0 Å². The second-order valence-corrected chi connectivity index (χ2v) is 9.15. The standard InChI is InChI=1S/C25H26ClN3O3/c1-25-23-22(18-6-3-4-7-20(18)27-23)19(16-8-10-17(26)11-9-16)14-29(25)21(30)15-28(24(25)31)12-5-13-32-2/h3-4,6-11,19,27H,5,12-15H2,1-2H3/t19-,25+/m1/s1. The van der Waals surface area contributed by atoms with Gasteiger partial charge in [0.2, 0.25) is 5.91 Å². The van der Waals surface area contributed by atoms with Crippen molar-refractivity contribution in [2.75, 3.05) is 33.4 Å². The lowest BCUT2D eigenvalue weighted by Gasteiger charge is -2.51. The normalized spacial score (nSPS) is 22.9. The lowest BCUT2D eigenvalue weighted by Crippen LogP contribution is -2.67. The van der Waals surface area contributed by atoms with E-state index in [2.05, 4.69) is 11.1 Å². The summed E-state index contributed by atoms with van der Waals surface area (Å²) in [6, 6.07) is 15.9. The number of hydrogen-bond acceptors (Lipinski definition) is 3. The zero-order valence-corrected chi connectivity index (χ0v) is 19.0. The number of rotatable bonds is 5. The number of amides is 2. The summed E-state index contributed by atoms with van der Waals surface area (Å²) >= 11 is 6.14. The first-order valence-electron chi connectivity index (χ1n) is 10.9. The predicted octanol–water partition coefficient (Wildman–Crippen LogP) is 3.89. The Morgan fingerprint density at radius 1 is 1.16 bits per heavy atom. The highest BCUT2D eigenvalue weighted by Crippen LogP contribution is 2.48. The molecule has 0 saturated carbocycles. The average Bonchev–Trinajstić information content (AvgIpc) is 3.19. The third kappa shape index (κ3) is 3.12. The fourth-order valence-corrected chi connectivity index (χ4v) is 5.38. The third-order valence-electron chi connectivity index (χ3n) is 6.87. The Balaban J connectivity index is 1.67. The van der Waals surface area contributed by atoms with Crippen LogP contribution in [0, 0.1) is 0 Å². The SMILES string of the molecule is COCCCN1CC(=O)N2C[C@H](c3ccc(Cl)cc3)c3c([nH]c4ccccc34)[C@@]2(C)C1=O. The molecule has 2 amide bonds. The molecule has 2 aliphatic heterocycles. The van der Waals surface area contributed by atoms with E-state index < -0.39 is 5.54 Å². The second-order valence-electron chi connectivity index (χ2n) is 8.71. The Hall–Kier alpha value is -2.83. The maximum atomic E-state index is 13.8. The van der Waals surface area contributed by atoms with Crippen molar-refractivity contribution in [2.24, 2.45) is 0 Å². The Morgan fingerprint density at radius 3 is 2.66 bits per heavy atom. The maximum Gasteiger partial charge on any atom is 0.254 e. The van der Waals surface area contributed by atoms with Crippen LogP contribution in [0.5, 0.6) is 0 Å². The van der Waals surface area contributed by atoms with E-state index >= 15 is 0 Å². The van der Waals surface area contributed by atoms with E-state index in [9.17, 15) is 9.59 Å². The number of nitrogens with one attached hydrogen (secondary N) is 1. The highest BCUT2D eigenvalue weighted by Gasteiger charge is 2.56. The van der Waals surface area contributed by atoms with E-state index in [-0.39, 0.29) is 24.3 Å². The van der Waals surface area contributed by atoms with Crippen LogP contribution in [0.2, 0.25) is 5.02 Å². The van der Waals surface area contributed by atoms with Gasteiger partial charge in [-0.1, -0.05) is 41.9 Å². The molecule has 32 heavy (non-hydrogen) atoms. The molecule has 1 aromatic heterocycles. The molecular weight excluding hydrogens is 426 g/mol. The van der Waals surface area contributed by atoms with Crippen molar-refractivity contribution in [2.45, 2.75) is 24.8 Å². The Labute approximate surface area is 192 Å². The molecule has 1 N–H and O–H groups in total. The van der Waals surface area contributed by atoms with Crippen molar-refractivity contribution >= 4 is 34.3 Å². The number of aromatic nitrogens is 1. The molecule has 3 heterocycles. The van der Waals surface area contributed by atoms with E-state index in [4.69, 9.17) is 16.3 Å². The molecule has 2 aliphatic rings. The van der Waals surface area contributed by atoms with Gasteiger partial charge in [0.1, 0.15) is 0 Å². The lowest BCUT2D eigenvalue weighted by molar-refractivity contribution is -0.166. The molecule has 0 aliphatic carbocycles. The molecular formula is C25H26ClN3O3. The number of carbonyl (C=O) groups is 2. The van der Waals surface area contributed by atoms with Gasteiger partial charge in [0.25, 0.3) is 5.91 Å². The molecule has 6 nitrogen and oxygen atoms in total. The average molecular weight is 452 g/mol. The quantitative estimate of drug-likeness (QED) is 0.598. The van der Waals surface area contributed by atoms with Crippen LogP contribution in [0.25, 0.3) is 10.9 Å². The molecule has 3 aromatic rings. The van der Waals surface area contributed by atoms with Gasteiger partial charge >= 0.3 is 0 Å². The predicted molar refractivity (Wildman–Crippen MR) is 124 cm³/mol. The van der Waals surface area contributed by atoms with Gasteiger partial charge in [0.05, 0.1) is 12.2 Å². The smallest absolute Gasteiger partial charge is 0.254 e. The molecule has 0 radical (unpaired) electrons. The summed E-state index contributed by atoms with van der Waals surface area (Å²) < 4.78 is 5.15. The Morgan fingerprint density at radius 2 is 1.91 bits per heavy atom. The lowest BCUT2D eigenvalue weighted by atomic mass is 9.76. The molecule has 166 valence electrons. The summed E-state index contributed by atoms with van der Waals surface area (Å²) in [5.74, 6) is -0.133. The number of H-pyrrole nitrogens is 1. The van der Waals surface area contributed by atoms with E-state index in [1.807, 2.05) is 49.4 Å². The van der Waals surface area contributed by atoms with Crippen molar-refractivity contribution in [1.82, 2.24) is 14.8 Å². The second kappa shape index (κ2) is 7.94. The molecule has 2 atom stereocenters. The maximum absolute atomic E-state index is 13.8. The number of ether oxygens (including phenoxy) is 1. The molecule has 5 rings (SSSR count).